The van der Waals surface area contributed by atoms with E-state index in [0.29, 0.717) is 18.4 Å². The van der Waals surface area contributed by atoms with E-state index in [1.807, 2.05) is 24.3 Å². The Kier molecular flexibility index (Phi) is 4.59. The van der Waals surface area contributed by atoms with Crippen molar-refractivity contribution in [3.05, 3.63) is 36.4 Å². The average molecular weight is 285 g/mol. The van der Waals surface area contributed by atoms with Crippen molar-refractivity contribution in [2.45, 2.75) is 51.0 Å². The summed E-state index contributed by atoms with van der Waals surface area (Å²) in [6.07, 6.45) is 12.2. The SMILES string of the molecule is O=C(C[C@@H]1C=CCC1)Nc1cccc(OC2CCCC2)c1. The van der Waals surface area contributed by atoms with Crippen LogP contribution in [-0.4, -0.2) is 12.0 Å². The minimum absolute atomic E-state index is 0.0876. The van der Waals surface area contributed by atoms with Crippen molar-refractivity contribution in [1.29, 1.82) is 0 Å². The molecule has 0 radical (unpaired) electrons. The highest BCUT2D eigenvalue weighted by atomic mass is 16.5. The number of carbonyl (C=O) groups is 1. The van der Waals surface area contributed by atoms with Crippen molar-refractivity contribution in [3.63, 3.8) is 0 Å². The molecule has 1 aromatic carbocycles. The third-order valence-electron chi connectivity index (χ3n) is 4.28. The Hall–Kier alpha value is -1.77. The molecule has 0 heterocycles. The van der Waals surface area contributed by atoms with E-state index in [1.165, 1.54) is 12.8 Å². The summed E-state index contributed by atoms with van der Waals surface area (Å²) < 4.78 is 5.97. The molecule has 1 saturated carbocycles. The molecule has 0 aliphatic heterocycles. The fourth-order valence-corrected chi connectivity index (χ4v) is 3.16. The zero-order valence-electron chi connectivity index (χ0n) is 12.4. The summed E-state index contributed by atoms with van der Waals surface area (Å²) in [5.41, 5.74) is 0.831. The molecule has 1 amide bonds. The predicted octanol–water partition coefficient (Wildman–Crippen LogP) is 4.30. The molecule has 2 aliphatic carbocycles. The van der Waals surface area contributed by atoms with Crippen molar-refractivity contribution in [2.24, 2.45) is 5.92 Å². The van der Waals surface area contributed by atoms with E-state index in [1.54, 1.807) is 0 Å². The Balaban J connectivity index is 1.54. The lowest BCUT2D eigenvalue weighted by molar-refractivity contribution is -0.116. The highest BCUT2D eigenvalue weighted by molar-refractivity contribution is 5.91. The summed E-state index contributed by atoms with van der Waals surface area (Å²) >= 11 is 0. The minimum Gasteiger partial charge on any atom is -0.490 e. The van der Waals surface area contributed by atoms with Crippen LogP contribution in [0, 0.1) is 5.92 Å². The number of amides is 1. The van der Waals surface area contributed by atoms with Gasteiger partial charge in [0.2, 0.25) is 5.91 Å². The summed E-state index contributed by atoms with van der Waals surface area (Å²) in [5, 5.41) is 2.98. The second kappa shape index (κ2) is 6.79. The number of allylic oxidation sites excluding steroid dienone is 2. The Bertz CT molecular complexity index is 518. The van der Waals surface area contributed by atoms with E-state index in [2.05, 4.69) is 17.5 Å². The van der Waals surface area contributed by atoms with Crippen LogP contribution in [0.25, 0.3) is 0 Å². The number of benzene rings is 1. The van der Waals surface area contributed by atoms with Crippen LogP contribution in [0.5, 0.6) is 5.75 Å². The second-order valence-corrected chi connectivity index (χ2v) is 6.07. The smallest absolute Gasteiger partial charge is 0.224 e. The summed E-state index contributed by atoms with van der Waals surface area (Å²) in [6.45, 7) is 0. The number of hydrogen-bond acceptors (Lipinski definition) is 2. The first-order valence-corrected chi connectivity index (χ1v) is 8.03. The number of nitrogens with one attached hydrogen (secondary N) is 1. The highest BCUT2D eigenvalue weighted by Gasteiger charge is 2.17. The molecule has 0 unspecified atom stereocenters. The standard InChI is InChI=1S/C18H23NO2/c20-18(12-14-6-1-2-7-14)19-15-8-5-11-17(13-15)21-16-9-3-4-10-16/h1,5-6,8,11,13-14,16H,2-4,7,9-10,12H2,(H,19,20)/t14-/m1/s1. The Labute approximate surface area is 126 Å². The van der Waals surface area contributed by atoms with Crippen molar-refractivity contribution >= 4 is 11.6 Å². The first-order chi connectivity index (χ1) is 10.3. The van der Waals surface area contributed by atoms with E-state index < -0.39 is 0 Å². The van der Waals surface area contributed by atoms with Crippen molar-refractivity contribution in [2.75, 3.05) is 5.32 Å². The minimum atomic E-state index is 0.0876. The van der Waals surface area contributed by atoms with Gasteiger partial charge >= 0.3 is 0 Å². The molecule has 112 valence electrons. The fraction of sp³-hybridized carbons (Fsp3) is 0.500. The lowest BCUT2D eigenvalue weighted by Gasteiger charge is -2.14. The zero-order valence-corrected chi connectivity index (χ0v) is 12.4. The Morgan fingerprint density at radius 3 is 2.86 bits per heavy atom. The lowest BCUT2D eigenvalue weighted by atomic mass is 10.1. The molecule has 1 aromatic rings. The summed E-state index contributed by atoms with van der Waals surface area (Å²) in [6, 6.07) is 7.76. The maximum Gasteiger partial charge on any atom is 0.224 e. The van der Waals surface area contributed by atoms with Crippen molar-refractivity contribution in [3.8, 4) is 5.75 Å². The van der Waals surface area contributed by atoms with E-state index >= 15 is 0 Å². The number of anilines is 1. The van der Waals surface area contributed by atoms with Gasteiger partial charge in [-0.1, -0.05) is 18.2 Å². The van der Waals surface area contributed by atoms with Gasteiger partial charge in [0.1, 0.15) is 5.75 Å². The normalized spacial score (nSPS) is 21.6. The molecule has 1 fully saturated rings. The van der Waals surface area contributed by atoms with Gasteiger partial charge in [0.05, 0.1) is 6.10 Å². The molecule has 3 heteroatoms. The van der Waals surface area contributed by atoms with Crippen LogP contribution < -0.4 is 10.1 Å². The third kappa shape index (κ3) is 4.10. The van der Waals surface area contributed by atoms with Crippen molar-refractivity contribution < 1.29 is 9.53 Å². The van der Waals surface area contributed by atoms with Crippen LogP contribution in [0.1, 0.15) is 44.9 Å². The summed E-state index contributed by atoms with van der Waals surface area (Å²) in [4.78, 5) is 12.0. The van der Waals surface area contributed by atoms with E-state index in [9.17, 15) is 4.79 Å². The van der Waals surface area contributed by atoms with Gasteiger partial charge in [-0.2, -0.15) is 0 Å². The maximum absolute atomic E-state index is 12.0. The first kappa shape index (κ1) is 14.2. The molecule has 0 spiro atoms. The predicted molar refractivity (Wildman–Crippen MR) is 84.4 cm³/mol. The van der Waals surface area contributed by atoms with Gasteiger partial charge in [0.15, 0.2) is 0 Å². The van der Waals surface area contributed by atoms with Gasteiger partial charge in [-0.25, -0.2) is 0 Å². The summed E-state index contributed by atoms with van der Waals surface area (Å²) in [7, 11) is 0. The molecule has 1 atom stereocenters. The molecular weight excluding hydrogens is 262 g/mol. The number of rotatable bonds is 5. The zero-order chi connectivity index (χ0) is 14.5. The summed E-state index contributed by atoms with van der Waals surface area (Å²) in [5.74, 6) is 1.35. The highest BCUT2D eigenvalue weighted by Crippen LogP contribution is 2.26. The van der Waals surface area contributed by atoms with Gasteiger partial charge in [0.25, 0.3) is 0 Å². The second-order valence-electron chi connectivity index (χ2n) is 6.07. The third-order valence-corrected chi connectivity index (χ3v) is 4.28. The van der Waals surface area contributed by atoms with Crippen LogP contribution in [0.4, 0.5) is 5.69 Å². The molecule has 1 N–H and O–H groups in total. The van der Waals surface area contributed by atoms with E-state index in [-0.39, 0.29) is 5.91 Å². The fourth-order valence-electron chi connectivity index (χ4n) is 3.16. The monoisotopic (exact) mass is 285 g/mol. The average Bonchev–Trinajstić information content (AvgIpc) is 3.12. The molecule has 3 nitrogen and oxygen atoms in total. The van der Waals surface area contributed by atoms with Crippen molar-refractivity contribution in [1.82, 2.24) is 0 Å². The van der Waals surface area contributed by atoms with E-state index in [0.717, 1.165) is 37.1 Å². The Morgan fingerprint density at radius 1 is 1.24 bits per heavy atom. The quantitative estimate of drug-likeness (QED) is 0.819. The Morgan fingerprint density at radius 2 is 2.10 bits per heavy atom. The molecule has 3 rings (SSSR count). The van der Waals surface area contributed by atoms with Crippen LogP contribution in [0.3, 0.4) is 0 Å². The molecule has 0 saturated heterocycles. The molecule has 2 aliphatic rings. The number of ether oxygens (including phenoxy) is 1. The van der Waals surface area contributed by atoms with Crippen LogP contribution in [-0.2, 0) is 4.79 Å². The lowest BCUT2D eigenvalue weighted by Crippen LogP contribution is -2.15. The molecular formula is C18H23NO2. The molecule has 21 heavy (non-hydrogen) atoms. The topological polar surface area (TPSA) is 38.3 Å². The molecule has 0 bridgehead atoms. The van der Waals surface area contributed by atoms with Crippen LogP contribution in [0.2, 0.25) is 0 Å². The molecule has 0 aromatic heterocycles. The van der Waals surface area contributed by atoms with Crippen LogP contribution in [0.15, 0.2) is 36.4 Å². The number of carbonyl (C=O) groups excluding carboxylic acids is 1. The van der Waals surface area contributed by atoms with Gasteiger partial charge in [-0.15, -0.1) is 0 Å². The van der Waals surface area contributed by atoms with Gasteiger partial charge in [0, 0.05) is 18.2 Å². The number of hydrogen-bond donors (Lipinski definition) is 1. The van der Waals surface area contributed by atoms with Gasteiger partial charge in [-0.3, -0.25) is 4.79 Å². The largest absolute Gasteiger partial charge is 0.490 e. The van der Waals surface area contributed by atoms with E-state index in [4.69, 9.17) is 4.74 Å². The van der Waals surface area contributed by atoms with Crippen LogP contribution >= 0.6 is 0 Å². The van der Waals surface area contributed by atoms with Gasteiger partial charge < -0.3 is 10.1 Å². The maximum atomic E-state index is 12.0. The van der Waals surface area contributed by atoms with Gasteiger partial charge in [-0.05, 0) is 56.6 Å². The first-order valence-electron chi connectivity index (χ1n) is 8.03.